The van der Waals surface area contributed by atoms with Gasteiger partial charge in [0, 0.05) is 24.5 Å². The van der Waals surface area contributed by atoms with Gasteiger partial charge >= 0.3 is 0 Å². The van der Waals surface area contributed by atoms with E-state index in [1.54, 1.807) is 14.2 Å². The maximum Gasteiger partial charge on any atom is 0.161 e. The summed E-state index contributed by atoms with van der Waals surface area (Å²) in [4.78, 5) is 4.05. The number of hydrogen-bond acceptors (Lipinski definition) is 4. The zero-order valence-electron chi connectivity index (χ0n) is 13.0. The highest BCUT2D eigenvalue weighted by atomic mass is 16.5. The molecule has 4 nitrogen and oxygen atoms in total. The van der Waals surface area contributed by atoms with Crippen LogP contribution in [0.15, 0.2) is 42.7 Å². The van der Waals surface area contributed by atoms with Gasteiger partial charge in [0.15, 0.2) is 11.5 Å². The molecule has 21 heavy (non-hydrogen) atoms. The minimum Gasteiger partial charge on any atom is -0.493 e. The highest BCUT2D eigenvalue weighted by molar-refractivity contribution is 5.43. The number of benzene rings is 1. The summed E-state index contributed by atoms with van der Waals surface area (Å²) in [5.41, 5.74) is 2.38. The van der Waals surface area contributed by atoms with E-state index in [0.29, 0.717) is 0 Å². The second-order valence-electron chi connectivity index (χ2n) is 5.01. The molecule has 1 aromatic carbocycles. The van der Waals surface area contributed by atoms with Gasteiger partial charge in [-0.15, -0.1) is 0 Å². The van der Waals surface area contributed by atoms with E-state index in [9.17, 15) is 0 Å². The minimum atomic E-state index is 0.202. The second-order valence-corrected chi connectivity index (χ2v) is 5.01. The SMILES string of the molecule is COc1ccc(C(C)NC(C)c2ccncc2)cc1OC. The van der Waals surface area contributed by atoms with E-state index in [1.165, 1.54) is 5.56 Å². The Labute approximate surface area is 126 Å². The van der Waals surface area contributed by atoms with Gasteiger partial charge in [0.25, 0.3) is 0 Å². The van der Waals surface area contributed by atoms with Crippen LogP contribution in [-0.2, 0) is 0 Å². The van der Waals surface area contributed by atoms with Crippen LogP contribution in [0.4, 0.5) is 0 Å². The summed E-state index contributed by atoms with van der Waals surface area (Å²) in [6.07, 6.45) is 3.63. The third-order valence-electron chi connectivity index (χ3n) is 3.61. The first-order chi connectivity index (χ1) is 10.2. The Kier molecular flexibility index (Phi) is 5.17. The largest absolute Gasteiger partial charge is 0.493 e. The molecular weight excluding hydrogens is 264 g/mol. The zero-order chi connectivity index (χ0) is 15.2. The first-order valence-electron chi connectivity index (χ1n) is 7.03. The van der Waals surface area contributed by atoms with E-state index in [2.05, 4.69) is 30.2 Å². The van der Waals surface area contributed by atoms with Crippen molar-refractivity contribution in [3.63, 3.8) is 0 Å². The number of methoxy groups -OCH3 is 2. The van der Waals surface area contributed by atoms with E-state index in [4.69, 9.17) is 9.47 Å². The molecule has 0 radical (unpaired) electrons. The van der Waals surface area contributed by atoms with Gasteiger partial charge in [-0.2, -0.15) is 0 Å². The lowest BCUT2D eigenvalue weighted by atomic mass is 10.0. The number of nitrogens with zero attached hydrogens (tertiary/aromatic N) is 1. The topological polar surface area (TPSA) is 43.4 Å². The predicted molar refractivity (Wildman–Crippen MR) is 83.7 cm³/mol. The zero-order valence-corrected chi connectivity index (χ0v) is 13.0. The molecule has 2 aromatic rings. The molecule has 2 atom stereocenters. The summed E-state index contributed by atoms with van der Waals surface area (Å²) < 4.78 is 10.6. The first-order valence-corrected chi connectivity index (χ1v) is 7.03. The smallest absolute Gasteiger partial charge is 0.161 e. The molecule has 0 amide bonds. The standard InChI is InChI=1S/C17H22N2O2/c1-12(14-7-9-18-10-8-14)19-13(2)15-5-6-16(20-3)17(11-15)21-4/h5-13,19H,1-4H3. The summed E-state index contributed by atoms with van der Waals surface area (Å²) in [6.45, 7) is 4.28. The summed E-state index contributed by atoms with van der Waals surface area (Å²) >= 11 is 0. The molecule has 1 aromatic heterocycles. The van der Waals surface area contributed by atoms with Crippen molar-refractivity contribution < 1.29 is 9.47 Å². The third-order valence-corrected chi connectivity index (χ3v) is 3.61. The molecule has 0 spiro atoms. The van der Waals surface area contributed by atoms with E-state index in [0.717, 1.165) is 17.1 Å². The van der Waals surface area contributed by atoms with Crippen LogP contribution in [0.3, 0.4) is 0 Å². The Morgan fingerprint density at radius 2 is 1.48 bits per heavy atom. The molecule has 0 fully saturated rings. The van der Waals surface area contributed by atoms with E-state index >= 15 is 0 Å². The molecule has 0 saturated heterocycles. The lowest BCUT2D eigenvalue weighted by Crippen LogP contribution is -2.22. The number of aromatic nitrogens is 1. The van der Waals surface area contributed by atoms with Crippen molar-refractivity contribution in [2.75, 3.05) is 14.2 Å². The fraction of sp³-hybridized carbons (Fsp3) is 0.353. The molecule has 0 aliphatic heterocycles. The molecule has 1 N–H and O–H groups in total. The van der Waals surface area contributed by atoms with Crippen LogP contribution in [-0.4, -0.2) is 19.2 Å². The van der Waals surface area contributed by atoms with Gasteiger partial charge < -0.3 is 14.8 Å². The minimum absolute atomic E-state index is 0.202. The fourth-order valence-corrected chi connectivity index (χ4v) is 2.34. The van der Waals surface area contributed by atoms with Crippen molar-refractivity contribution in [1.29, 1.82) is 0 Å². The molecule has 0 bridgehead atoms. The van der Waals surface area contributed by atoms with Gasteiger partial charge in [-0.1, -0.05) is 6.07 Å². The summed E-state index contributed by atoms with van der Waals surface area (Å²) in [6, 6.07) is 10.5. The average Bonchev–Trinajstić information content (AvgIpc) is 2.54. The average molecular weight is 286 g/mol. The Morgan fingerprint density at radius 1 is 0.857 bits per heavy atom. The predicted octanol–water partition coefficient (Wildman–Crippen LogP) is 3.51. The van der Waals surface area contributed by atoms with Crippen LogP contribution in [0.2, 0.25) is 0 Å². The van der Waals surface area contributed by atoms with Crippen molar-refractivity contribution in [3.05, 3.63) is 53.9 Å². The Balaban J connectivity index is 2.11. The van der Waals surface area contributed by atoms with Crippen molar-refractivity contribution >= 4 is 0 Å². The highest BCUT2D eigenvalue weighted by Crippen LogP contribution is 2.30. The third kappa shape index (κ3) is 3.73. The molecule has 0 aliphatic rings. The van der Waals surface area contributed by atoms with Crippen molar-refractivity contribution in [1.82, 2.24) is 10.3 Å². The lowest BCUT2D eigenvalue weighted by molar-refractivity contribution is 0.353. The van der Waals surface area contributed by atoms with Gasteiger partial charge in [-0.25, -0.2) is 0 Å². The molecule has 1 heterocycles. The van der Waals surface area contributed by atoms with E-state index in [1.807, 2.05) is 36.7 Å². The van der Waals surface area contributed by atoms with Gasteiger partial charge in [-0.05, 0) is 49.2 Å². The Hall–Kier alpha value is -2.07. The van der Waals surface area contributed by atoms with Crippen LogP contribution in [0.1, 0.15) is 37.1 Å². The van der Waals surface area contributed by atoms with Gasteiger partial charge in [0.1, 0.15) is 0 Å². The first kappa shape index (κ1) is 15.3. The molecule has 112 valence electrons. The molecule has 0 saturated carbocycles. The second kappa shape index (κ2) is 7.09. The van der Waals surface area contributed by atoms with Crippen molar-refractivity contribution in [2.24, 2.45) is 0 Å². The molecule has 4 heteroatoms. The molecular formula is C17H22N2O2. The monoisotopic (exact) mass is 286 g/mol. The number of rotatable bonds is 6. The van der Waals surface area contributed by atoms with Crippen molar-refractivity contribution in [2.45, 2.75) is 25.9 Å². The Morgan fingerprint density at radius 3 is 2.10 bits per heavy atom. The van der Waals surface area contributed by atoms with Crippen LogP contribution >= 0.6 is 0 Å². The van der Waals surface area contributed by atoms with Crippen LogP contribution in [0.25, 0.3) is 0 Å². The summed E-state index contributed by atoms with van der Waals surface area (Å²) in [5, 5.41) is 3.58. The van der Waals surface area contributed by atoms with E-state index < -0.39 is 0 Å². The lowest BCUT2D eigenvalue weighted by Gasteiger charge is -2.21. The summed E-state index contributed by atoms with van der Waals surface area (Å²) in [5.74, 6) is 1.50. The molecule has 0 aliphatic carbocycles. The van der Waals surface area contributed by atoms with E-state index in [-0.39, 0.29) is 12.1 Å². The van der Waals surface area contributed by atoms with Crippen LogP contribution in [0.5, 0.6) is 11.5 Å². The fourth-order valence-electron chi connectivity index (χ4n) is 2.34. The van der Waals surface area contributed by atoms with Crippen molar-refractivity contribution in [3.8, 4) is 11.5 Å². The van der Waals surface area contributed by atoms with Gasteiger partial charge in [0.05, 0.1) is 14.2 Å². The number of ether oxygens (including phenoxy) is 2. The normalized spacial score (nSPS) is 13.5. The van der Waals surface area contributed by atoms with Crippen LogP contribution < -0.4 is 14.8 Å². The van der Waals surface area contributed by atoms with Gasteiger partial charge in [0.2, 0.25) is 0 Å². The van der Waals surface area contributed by atoms with Crippen LogP contribution in [0, 0.1) is 0 Å². The summed E-state index contributed by atoms with van der Waals surface area (Å²) in [7, 11) is 3.30. The van der Waals surface area contributed by atoms with Gasteiger partial charge in [-0.3, -0.25) is 4.98 Å². The quantitative estimate of drug-likeness (QED) is 0.882. The highest BCUT2D eigenvalue weighted by Gasteiger charge is 2.13. The maximum absolute atomic E-state index is 5.36. The Bertz CT molecular complexity index is 572. The number of hydrogen-bond donors (Lipinski definition) is 1. The molecule has 2 unspecified atom stereocenters. The number of pyridine rings is 1. The maximum atomic E-state index is 5.36. The number of nitrogens with one attached hydrogen (secondary N) is 1. The molecule has 2 rings (SSSR count).